The first kappa shape index (κ1) is 13.6. The molecule has 0 aromatic heterocycles. The van der Waals surface area contributed by atoms with Gasteiger partial charge in [0.1, 0.15) is 0 Å². The summed E-state index contributed by atoms with van der Waals surface area (Å²) < 4.78 is 5.56. The van der Waals surface area contributed by atoms with E-state index in [4.69, 9.17) is 4.74 Å². The van der Waals surface area contributed by atoms with Crippen molar-refractivity contribution in [2.24, 2.45) is 5.92 Å². The van der Waals surface area contributed by atoms with Gasteiger partial charge in [0, 0.05) is 13.0 Å². The third kappa shape index (κ3) is 3.82. The first-order valence-electron chi connectivity index (χ1n) is 7.03. The molecule has 1 N–H and O–H groups in total. The van der Waals surface area contributed by atoms with Gasteiger partial charge in [-0.1, -0.05) is 38.1 Å². The van der Waals surface area contributed by atoms with E-state index in [0.29, 0.717) is 5.92 Å². The van der Waals surface area contributed by atoms with Crippen LogP contribution in [0, 0.1) is 5.92 Å². The van der Waals surface area contributed by atoms with E-state index in [1.807, 2.05) is 0 Å². The SMILES string of the molecule is CC(C)Cc1ccc(C(O)CC2CCCO2)cc1. The molecule has 2 rings (SSSR count). The monoisotopic (exact) mass is 248 g/mol. The number of aliphatic hydroxyl groups excluding tert-OH is 1. The van der Waals surface area contributed by atoms with Crippen molar-refractivity contribution in [2.45, 2.75) is 51.7 Å². The van der Waals surface area contributed by atoms with Gasteiger partial charge in [0.05, 0.1) is 12.2 Å². The molecule has 1 heterocycles. The molecular formula is C16H24O2. The van der Waals surface area contributed by atoms with Crippen LogP contribution in [-0.2, 0) is 11.2 Å². The molecule has 1 aromatic carbocycles. The Morgan fingerprint density at radius 2 is 2.00 bits per heavy atom. The van der Waals surface area contributed by atoms with Crippen molar-refractivity contribution >= 4 is 0 Å². The number of hydrogen-bond donors (Lipinski definition) is 1. The van der Waals surface area contributed by atoms with E-state index < -0.39 is 0 Å². The molecule has 0 amide bonds. The largest absolute Gasteiger partial charge is 0.388 e. The molecule has 2 nitrogen and oxygen atoms in total. The zero-order chi connectivity index (χ0) is 13.0. The Morgan fingerprint density at radius 1 is 1.28 bits per heavy atom. The maximum absolute atomic E-state index is 10.2. The Balaban J connectivity index is 1.91. The second-order valence-corrected chi connectivity index (χ2v) is 5.73. The fourth-order valence-corrected chi connectivity index (χ4v) is 2.56. The minimum Gasteiger partial charge on any atom is -0.388 e. The van der Waals surface area contributed by atoms with E-state index in [9.17, 15) is 5.11 Å². The fraction of sp³-hybridized carbons (Fsp3) is 0.625. The van der Waals surface area contributed by atoms with Crippen LogP contribution in [0.5, 0.6) is 0 Å². The summed E-state index contributed by atoms with van der Waals surface area (Å²) in [5.74, 6) is 0.674. The van der Waals surface area contributed by atoms with Crippen molar-refractivity contribution in [3.8, 4) is 0 Å². The van der Waals surface area contributed by atoms with Crippen LogP contribution in [0.3, 0.4) is 0 Å². The third-order valence-electron chi connectivity index (χ3n) is 3.52. The molecule has 2 heteroatoms. The summed E-state index contributed by atoms with van der Waals surface area (Å²) in [6, 6.07) is 8.37. The highest BCUT2D eigenvalue weighted by atomic mass is 16.5. The predicted octanol–water partition coefficient (Wildman–Crippen LogP) is 3.49. The molecule has 1 fully saturated rings. The number of ether oxygens (including phenoxy) is 1. The fourth-order valence-electron chi connectivity index (χ4n) is 2.56. The van der Waals surface area contributed by atoms with E-state index in [0.717, 1.165) is 37.9 Å². The third-order valence-corrected chi connectivity index (χ3v) is 3.52. The second-order valence-electron chi connectivity index (χ2n) is 5.73. The highest BCUT2D eigenvalue weighted by molar-refractivity contribution is 5.24. The van der Waals surface area contributed by atoms with Gasteiger partial charge in [-0.05, 0) is 36.3 Å². The molecule has 2 unspecified atom stereocenters. The summed E-state index contributed by atoms with van der Waals surface area (Å²) in [7, 11) is 0. The minimum absolute atomic E-state index is 0.246. The summed E-state index contributed by atoms with van der Waals surface area (Å²) in [5.41, 5.74) is 2.36. The normalized spacial score (nSPS) is 21.4. The Labute approximate surface area is 110 Å². The summed E-state index contributed by atoms with van der Waals surface area (Å²) in [6.45, 7) is 5.30. The zero-order valence-electron chi connectivity index (χ0n) is 11.4. The Bertz CT molecular complexity index is 350. The van der Waals surface area contributed by atoms with Crippen molar-refractivity contribution in [1.82, 2.24) is 0 Å². The van der Waals surface area contributed by atoms with Gasteiger partial charge >= 0.3 is 0 Å². The van der Waals surface area contributed by atoms with Crippen molar-refractivity contribution in [1.29, 1.82) is 0 Å². The van der Waals surface area contributed by atoms with Crippen LogP contribution in [0.2, 0.25) is 0 Å². The first-order chi connectivity index (χ1) is 8.65. The molecule has 0 radical (unpaired) electrons. The van der Waals surface area contributed by atoms with Crippen molar-refractivity contribution in [3.05, 3.63) is 35.4 Å². The molecule has 0 saturated carbocycles. The maximum atomic E-state index is 10.2. The van der Waals surface area contributed by atoms with E-state index in [-0.39, 0.29) is 12.2 Å². The van der Waals surface area contributed by atoms with Crippen LogP contribution < -0.4 is 0 Å². The lowest BCUT2D eigenvalue weighted by atomic mass is 9.98. The lowest BCUT2D eigenvalue weighted by molar-refractivity contribution is 0.0535. The van der Waals surface area contributed by atoms with Crippen LogP contribution in [-0.4, -0.2) is 17.8 Å². The highest BCUT2D eigenvalue weighted by Gasteiger charge is 2.20. The second kappa shape index (κ2) is 6.35. The molecule has 100 valence electrons. The molecule has 1 aromatic rings. The van der Waals surface area contributed by atoms with E-state index in [1.165, 1.54) is 5.56 Å². The summed E-state index contributed by atoms with van der Waals surface area (Å²) >= 11 is 0. The molecule has 1 aliphatic rings. The van der Waals surface area contributed by atoms with Gasteiger partial charge in [0.25, 0.3) is 0 Å². The van der Waals surface area contributed by atoms with Crippen LogP contribution in [0.25, 0.3) is 0 Å². The minimum atomic E-state index is -0.388. The molecular weight excluding hydrogens is 224 g/mol. The standard InChI is InChI=1S/C16H24O2/c1-12(2)10-13-5-7-14(8-6-13)16(17)11-15-4-3-9-18-15/h5-8,12,15-17H,3-4,9-11H2,1-2H3. The van der Waals surface area contributed by atoms with Crippen molar-refractivity contribution in [3.63, 3.8) is 0 Å². The van der Waals surface area contributed by atoms with Gasteiger partial charge < -0.3 is 9.84 Å². The smallest absolute Gasteiger partial charge is 0.0814 e. The molecule has 2 atom stereocenters. The van der Waals surface area contributed by atoms with Gasteiger partial charge in [-0.25, -0.2) is 0 Å². The topological polar surface area (TPSA) is 29.5 Å². The summed E-state index contributed by atoms with van der Waals surface area (Å²) in [5, 5.41) is 10.2. The Kier molecular flexibility index (Phi) is 4.79. The molecule has 0 spiro atoms. The molecule has 1 aliphatic heterocycles. The molecule has 18 heavy (non-hydrogen) atoms. The average Bonchev–Trinajstić information content (AvgIpc) is 2.82. The van der Waals surface area contributed by atoms with Gasteiger partial charge in [-0.3, -0.25) is 0 Å². The Hall–Kier alpha value is -0.860. The quantitative estimate of drug-likeness (QED) is 0.864. The van der Waals surface area contributed by atoms with Crippen LogP contribution >= 0.6 is 0 Å². The van der Waals surface area contributed by atoms with E-state index in [2.05, 4.69) is 38.1 Å². The van der Waals surface area contributed by atoms with Gasteiger partial charge in [0.15, 0.2) is 0 Å². The Morgan fingerprint density at radius 3 is 2.56 bits per heavy atom. The van der Waals surface area contributed by atoms with Gasteiger partial charge in [-0.2, -0.15) is 0 Å². The summed E-state index contributed by atoms with van der Waals surface area (Å²) in [6.07, 6.45) is 3.90. The zero-order valence-corrected chi connectivity index (χ0v) is 11.4. The molecule has 0 aliphatic carbocycles. The number of hydrogen-bond acceptors (Lipinski definition) is 2. The first-order valence-corrected chi connectivity index (χ1v) is 7.03. The average molecular weight is 248 g/mol. The lowest BCUT2D eigenvalue weighted by Crippen LogP contribution is -2.11. The van der Waals surface area contributed by atoms with Crippen LogP contribution in [0.1, 0.15) is 50.3 Å². The lowest BCUT2D eigenvalue weighted by Gasteiger charge is -2.16. The van der Waals surface area contributed by atoms with E-state index in [1.54, 1.807) is 0 Å². The number of benzene rings is 1. The predicted molar refractivity (Wildman–Crippen MR) is 73.5 cm³/mol. The van der Waals surface area contributed by atoms with E-state index >= 15 is 0 Å². The number of aliphatic hydroxyl groups is 1. The molecule has 0 bridgehead atoms. The summed E-state index contributed by atoms with van der Waals surface area (Å²) in [4.78, 5) is 0. The number of rotatable bonds is 5. The van der Waals surface area contributed by atoms with Gasteiger partial charge in [-0.15, -0.1) is 0 Å². The van der Waals surface area contributed by atoms with Crippen molar-refractivity contribution in [2.75, 3.05) is 6.61 Å². The van der Waals surface area contributed by atoms with Crippen molar-refractivity contribution < 1.29 is 9.84 Å². The van der Waals surface area contributed by atoms with Crippen LogP contribution in [0.4, 0.5) is 0 Å². The maximum Gasteiger partial charge on any atom is 0.0814 e. The van der Waals surface area contributed by atoms with Gasteiger partial charge in [0.2, 0.25) is 0 Å². The van der Waals surface area contributed by atoms with Crippen LogP contribution in [0.15, 0.2) is 24.3 Å². The molecule has 1 saturated heterocycles. The highest BCUT2D eigenvalue weighted by Crippen LogP contribution is 2.25.